The van der Waals surface area contributed by atoms with Gasteiger partial charge < -0.3 is 5.73 Å². The minimum atomic E-state index is -4.09. The van der Waals surface area contributed by atoms with Gasteiger partial charge in [0.2, 0.25) is 0 Å². The van der Waals surface area contributed by atoms with Gasteiger partial charge in [-0.15, -0.1) is 0 Å². The number of alkyl halides is 3. The Morgan fingerprint density at radius 2 is 2.11 bits per heavy atom. The van der Waals surface area contributed by atoms with Crippen molar-refractivity contribution in [2.75, 3.05) is 0 Å². The fourth-order valence-corrected chi connectivity index (χ4v) is 2.93. The van der Waals surface area contributed by atoms with Gasteiger partial charge in [0, 0.05) is 18.4 Å². The Balaban J connectivity index is 2.12. The van der Waals surface area contributed by atoms with Crippen molar-refractivity contribution in [3.8, 4) is 0 Å². The summed E-state index contributed by atoms with van der Waals surface area (Å²) in [7, 11) is 0. The Morgan fingerprint density at radius 1 is 1.37 bits per heavy atom. The second-order valence-corrected chi connectivity index (χ2v) is 5.42. The lowest BCUT2D eigenvalue weighted by molar-refractivity contribution is -0.186. The van der Waals surface area contributed by atoms with E-state index in [1.807, 2.05) is 13.0 Å². The standard InChI is InChI=1S/C14H19F3N2/c1-9-5-6-19-8-12(9)13(18)10-3-2-4-11(7-10)14(15,16)17/h5-6,8,10-11,13H,2-4,7,18H2,1H3. The summed E-state index contributed by atoms with van der Waals surface area (Å²) in [5.41, 5.74) is 8.04. The van der Waals surface area contributed by atoms with Crippen molar-refractivity contribution in [3.63, 3.8) is 0 Å². The summed E-state index contributed by atoms with van der Waals surface area (Å²) in [5, 5.41) is 0. The third-order valence-electron chi connectivity index (χ3n) is 4.12. The lowest BCUT2D eigenvalue weighted by Gasteiger charge is -2.34. The zero-order chi connectivity index (χ0) is 14.0. The second kappa shape index (κ2) is 5.49. The number of pyridine rings is 1. The number of halogens is 3. The van der Waals surface area contributed by atoms with Gasteiger partial charge >= 0.3 is 6.18 Å². The monoisotopic (exact) mass is 272 g/mol. The molecule has 0 bridgehead atoms. The SMILES string of the molecule is Cc1ccncc1C(N)C1CCCC(C(F)(F)F)C1. The van der Waals surface area contributed by atoms with E-state index in [-0.39, 0.29) is 24.8 Å². The molecule has 0 aliphatic heterocycles. The molecule has 1 fully saturated rings. The number of hydrogen-bond donors (Lipinski definition) is 1. The zero-order valence-corrected chi connectivity index (χ0v) is 11.0. The van der Waals surface area contributed by atoms with Gasteiger partial charge in [-0.25, -0.2) is 0 Å². The van der Waals surface area contributed by atoms with Crippen LogP contribution in [-0.2, 0) is 0 Å². The van der Waals surface area contributed by atoms with E-state index in [2.05, 4.69) is 4.98 Å². The Kier molecular flexibility index (Phi) is 4.13. The highest BCUT2D eigenvalue weighted by atomic mass is 19.4. The molecule has 19 heavy (non-hydrogen) atoms. The molecule has 0 radical (unpaired) electrons. The molecule has 2 rings (SSSR count). The fraction of sp³-hybridized carbons (Fsp3) is 0.643. The molecule has 106 valence electrons. The van der Waals surface area contributed by atoms with Crippen LogP contribution in [0.3, 0.4) is 0 Å². The van der Waals surface area contributed by atoms with Gasteiger partial charge in [0.1, 0.15) is 0 Å². The maximum absolute atomic E-state index is 12.8. The molecule has 1 aliphatic carbocycles. The fourth-order valence-electron chi connectivity index (χ4n) is 2.93. The summed E-state index contributed by atoms with van der Waals surface area (Å²) in [4.78, 5) is 4.03. The molecule has 1 aromatic rings. The normalized spacial score (nSPS) is 26.2. The quantitative estimate of drug-likeness (QED) is 0.890. The van der Waals surface area contributed by atoms with Crippen molar-refractivity contribution in [1.29, 1.82) is 0 Å². The van der Waals surface area contributed by atoms with Crippen LogP contribution < -0.4 is 5.73 Å². The van der Waals surface area contributed by atoms with Crippen LogP contribution in [0.1, 0.15) is 42.9 Å². The van der Waals surface area contributed by atoms with Crippen LogP contribution in [-0.4, -0.2) is 11.2 Å². The third kappa shape index (κ3) is 3.26. The maximum Gasteiger partial charge on any atom is 0.391 e. The molecular formula is C14H19F3N2. The molecule has 2 nitrogen and oxygen atoms in total. The minimum Gasteiger partial charge on any atom is -0.324 e. The van der Waals surface area contributed by atoms with E-state index >= 15 is 0 Å². The Hall–Kier alpha value is -1.10. The van der Waals surface area contributed by atoms with Gasteiger partial charge in [-0.1, -0.05) is 6.42 Å². The van der Waals surface area contributed by atoms with E-state index in [1.54, 1.807) is 12.4 Å². The van der Waals surface area contributed by atoms with Gasteiger partial charge in [-0.05, 0) is 49.3 Å². The van der Waals surface area contributed by atoms with Crippen molar-refractivity contribution in [1.82, 2.24) is 4.98 Å². The van der Waals surface area contributed by atoms with Crippen LogP contribution in [0, 0.1) is 18.8 Å². The Morgan fingerprint density at radius 3 is 2.74 bits per heavy atom. The first-order chi connectivity index (χ1) is 8.89. The molecule has 3 atom stereocenters. The van der Waals surface area contributed by atoms with Crippen molar-refractivity contribution in [2.24, 2.45) is 17.6 Å². The van der Waals surface area contributed by atoms with Crippen LogP contribution in [0.5, 0.6) is 0 Å². The smallest absolute Gasteiger partial charge is 0.324 e. The summed E-state index contributed by atoms with van der Waals surface area (Å²) >= 11 is 0. The van der Waals surface area contributed by atoms with Crippen LogP contribution in [0.2, 0.25) is 0 Å². The molecule has 1 aromatic heterocycles. The first kappa shape index (κ1) is 14.3. The highest BCUT2D eigenvalue weighted by Gasteiger charge is 2.43. The number of nitrogens with zero attached hydrogens (tertiary/aromatic N) is 1. The predicted octanol–water partition coefficient (Wildman–Crippen LogP) is 3.76. The van der Waals surface area contributed by atoms with Gasteiger partial charge in [0.05, 0.1) is 5.92 Å². The van der Waals surface area contributed by atoms with Gasteiger partial charge in [0.15, 0.2) is 0 Å². The second-order valence-electron chi connectivity index (χ2n) is 5.42. The first-order valence-corrected chi connectivity index (χ1v) is 6.62. The van der Waals surface area contributed by atoms with Gasteiger partial charge in [-0.3, -0.25) is 4.98 Å². The van der Waals surface area contributed by atoms with E-state index in [0.717, 1.165) is 17.5 Å². The molecule has 1 heterocycles. The number of aryl methyl sites for hydroxylation is 1. The minimum absolute atomic E-state index is 0.108. The third-order valence-corrected chi connectivity index (χ3v) is 4.12. The summed E-state index contributed by atoms with van der Waals surface area (Å²) < 4.78 is 38.4. The summed E-state index contributed by atoms with van der Waals surface area (Å²) in [6.07, 6.45) is 0.992. The van der Waals surface area contributed by atoms with Crippen LogP contribution in [0.4, 0.5) is 13.2 Å². The van der Waals surface area contributed by atoms with E-state index in [9.17, 15) is 13.2 Å². The van der Waals surface area contributed by atoms with Gasteiger partial charge in [-0.2, -0.15) is 13.2 Å². The van der Waals surface area contributed by atoms with E-state index in [0.29, 0.717) is 6.42 Å². The molecular weight excluding hydrogens is 253 g/mol. The van der Waals surface area contributed by atoms with Crippen LogP contribution >= 0.6 is 0 Å². The highest BCUT2D eigenvalue weighted by Crippen LogP contribution is 2.43. The highest BCUT2D eigenvalue weighted by molar-refractivity contribution is 5.25. The number of nitrogens with two attached hydrogens (primary N) is 1. The largest absolute Gasteiger partial charge is 0.391 e. The first-order valence-electron chi connectivity index (χ1n) is 6.62. The molecule has 1 aliphatic rings. The van der Waals surface area contributed by atoms with Crippen LogP contribution in [0.15, 0.2) is 18.5 Å². The molecule has 5 heteroatoms. The Labute approximate surface area is 111 Å². The predicted molar refractivity (Wildman–Crippen MR) is 67.4 cm³/mol. The van der Waals surface area contributed by atoms with Crippen LogP contribution in [0.25, 0.3) is 0 Å². The number of hydrogen-bond acceptors (Lipinski definition) is 2. The molecule has 1 saturated carbocycles. The van der Waals surface area contributed by atoms with Crippen molar-refractivity contribution >= 4 is 0 Å². The van der Waals surface area contributed by atoms with Crippen molar-refractivity contribution in [2.45, 2.75) is 44.8 Å². The van der Waals surface area contributed by atoms with E-state index in [4.69, 9.17) is 5.73 Å². The summed E-state index contributed by atoms with van der Waals surface area (Å²) in [5.74, 6) is -1.31. The number of rotatable bonds is 2. The molecule has 3 unspecified atom stereocenters. The maximum atomic E-state index is 12.8. The summed E-state index contributed by atoms with van der Waals surface area (Å²) in [6.45, 7) is 1.92. The summed E-state index contributed by atoms with van der Waals surface area (Å²) in [6, 6.07) is 1.50. The molecule has 0 saturated heterocycles. The van der Waals surface area contributed by atoms with E-state index < -0.39 is 12.1 Å². The zero-order valence-electron chi connectivity index (χ0n) is 11.0. The molecule has 2 N–H and O–H groups in total. The van der Waals surface area contributed by atoms with Crippen molar-refractivity contribution < 1.29 is 13.2 Å². The lowest BCUT2D eigenvalue weighted by Crippen LogP contribution is -2.33. The molecule has 0 spiro atoms. The Bertz CT molecular complexity index is 431. The molecule has 0 amide bonds. The average molecular weight is 272 g/mol. The lowest BCUT2D eigenvalue weighted by atomic mass is 9.76. The average Bonchev–Trinajstić information content (AvgIpc) is 2.38. The van der Waals surface area contributed by atoms with Gasteiger partial charge in [0.25, 0.3) is 0 Å². The molecule has 0 aromatic carbocycles. The van der Waals surface area contributed by atoms with E-state index in [1.165, 1.54) is 0 Å². The topological polar surface area (TPSA) is 38.9 Å². The van der Waals surface area contributed by atoms with Crippen molar-refractivity contribution in [3.05, 3.63) is 29.6 Å². The number of aromatic nitrogens is 1.